The number of benzene rings is 1. The van der Waals surface area contributed by atoms with Gasteiger partial charge in [-0.25, -0.2) is 13.1 Å². The van der Waals surface area contributed by atoms with Gasteiger partial charge in [-0.3, -0.25) is 0 Å². The zero-order chi connectivity index (χ0) is 13.1. The molecule has 1 aromatic carbocycles. The van der Waals surface area contributed by atoms with Crippen molar-refractivity contribution in [3.05, 3.63) is 29.8 Å². The van der Waals surface area contributed by atoms with E-state index in [2.05, 4.69) is 4.72 Å². The quantitative estimate of drug-likeness (QED) is 0.839. The van der Waals surface area contributed by atoms with Gasteiger partial charge in [0.05, 0.1) is 11.0 Å². The van der Waals surface area contributed by atoms with Crippen molar-refractivity contribution in [2.45, 2.75) is 37.7 Å². The zero-order valence-corrected chi connectivity index (χ0v) is 11.2. The van der Waals surface area contributed by atoms with Gasteiger partial charge in [0, 0.05) is 12.5 Å². The van der Waals surface area contributed by atoms with E-state index in [-0.39, 0.29) is 10.8 Å². The molecule has 1 aromatic rings. The second-order valence-corrected chi connectivity index (χ2v) is 5.87. The van der Waals surface area contributed by atoms with Gasteiger partial charge in [0.15, 0.2) is 0 Å². The number of nitrogens with one attached hydrogen (secondary N) is 1. The van der Waals surface area contributed by atoms with E-state index in [9.17, 15) is 13.5 Å². The molecular formula is C12H19NO3S. The maximum atomic E-state index is 11.7. The molecule has 0 radical (unpaired) electrons. The number of aliphatic hydroxyl groups is 1. The van der Waals surface area contributed by atoms with E-state index in [0.29, 0.717) is 6.54 Å². The van der Waals surface area contributed by atoms with Gasteiger partial charge >= 0.3 is 0 Å². The van der Waals surface area contributed by atoms with E-state index >= 15 is 0 Å². The third kappa shape index (κ3) is 3.52. The van der Waals surface area contributed by atoms with Crippen LogP contribution in [-0.2, 0) is 10.0 Å². The summed E-state index contributed by atoms with van der Waals surface area (Å²) in [6, 6.07) is 6.60. The first-order valence-corrected chi connectivity index (χ1v) is 7.14. The zero-order valence-electron chi connectivity index (χ0n) is 10.3. The molecule has 17 heavy (non-hydrogen) atoms. The van der Waals surface area contributed by atoms with Crippen molar-refractivity contribution in [2.75, 3.05) is 6.54 Å². The third-order valence-corrected chi connectivity index (χ3v) is 4.34. The van der Waals surface area contributed by atoms with Crippen LogP contribution in [0.15, 0.2) is 29.2 Å². The highest BCUT2D eigenvalue weighted by Crippen LogP contribution is 2.20. The van der Waals surface area contributed by atoms with Crippen LogP contribution in [-0.4, -0.2) is 26.2 Å². The summed E-state index contributed by atoms with van der Waals surface area (Å²) in [5.41, 5.74) is 0.926. The fourth-order valence-electron chi connectivity index (χ4n) is 1.50. The van der Waals surface area contributed by atoms with Gasteiger partial charge in [-0.15, -0.1) is 0 Å². The smallest absolute Gasteiger partial charge is 0.240 e. The van der Waals surface area contributed by atoms with E-state index in [0.717, 1.165) is 5.56 Å². The SMILES string of the molecule is CCNS(=O)(=O)c1ccc(C(C)C(C)O)cc1. The summed E-state index contributed by atoms with van der Waals surface area (Å²) in [6.07, 6.45) is -0.453. The van der Waals surface area contributed by atoms with E-state index in [4.69, 9.17) is 0 Å². The monoisotopic (exact) mass is 257 g/mol. The van der Waals surface area contributed by atoms with Gasteiger partial charge in [0.1, 0.15) is 0 Å². The summed E-state index contributed by atoms with van der Waals surface area (Å²) >= 11 is 0. The maximum absolute atomic E-state index is 11.7. The van der Waals surface area contributed by atoms with Crippen molar-refractivity contribution in [3.8, 4) is 0 Å². The second-order valence-electron chi connectivity index (χ2n) is 4.10. The summed E-state index contributed by atoms with van der Waals surface area (Å²) < 4.78 is 25.8. The van der Waals surface area contributed by atoms with Gasteiger partial charge in [-0.05, 0) is 24.6 Å². The normalized spacial score (nSPS) is 15.5. The Bertz CT molecular complexity index is 451. The lowest BCUT2D eigenvalue weighted by molar-refractivity contribution is 0.169. The van der Waals surface area contributed by atoms with Crippen LogP contribution in [0, 0.1) is 0 Å². The molecule has 96 valence electrons. The minimum atomic E-state index is -3.39. The number of rotatable bonds is 5. The Kier molecular flexibility index (Phi) is 4.68. The Hall–Kier alpha value is -0.910. The number of aliphatic hydroxyl groups excluding tert-OH is 1. The molecule has 0 heterocycles. The van der Waals surface area contributed by atoms with Crippen molar-refractivity contribution in [1.29, 1.82) is 0 Å². The summed E-state index contributed by atoms with van der Waals surface area (Å²) in [7, 11) is -3.39. The molecule has 0 aromatic heterocycles. The van der Waals surface area contributed by atoms with E-state index in [1.165, 1.54) is 0 Å². The van der Waals surface area contributed by atoms with Crippen LogP contribution in [0.4, 0.5) is 0 Å². The number of hydrogen-bond acceptors (Lipinski definition) is 3. The molecule has 2 N–H and O–H groups in total. The van der Waals surface area contributed by atoms with Gasteiger partial charge in [-0.2, -0.15) is 0 Å². The maximum Gasteiger partial charge on any atom is 0.240 e. The Morgan fingerprint density at radius 2 is 1.76 bits per heavy atom. The molecule has 0 fully saturated rings. The largest absolute Gasteiger partial charge is 0.393 e. The average Bonchev–Trinajstić information content (AvgIpc) is 2.28. The van der Waals surface area contributed by atoms with Gasteiger partial charge in [0.25, 0.3) is 0 Å². The Morgan fingerprint density at radius 1 is 1.24 bits per heavy atom. The summed E-state index contributed by atoms with van der Waals surface area (Å²) in [5.74, 6) is -0.00844. The number of hydrogen-bond donors (Lipinski definition) is 2. The molecule has 0 saturated carbocycles. The molecule has 1 rings (SSSR count). The summed E-state index contributed by atoms with van der Waals surface area (Å²) in [4.78, 5) is 0.251. The van der Waals surface area contributed by atoms with Gasteiger partial charge < -0.3 is 5.11 Å². The van der Waals surface area contributed by atoms with E-state index in [1.807, 2.05) is 6.92 Å². The van der Waals surface area contributed by atoms with Crippen LogP contribution < -0.4 is 4.72 Å². The van der Waals surface area contributed by atoms with Gasteiger partial charge in [0.2, 0.25) is 10.0 Å². The standard InChI is InChI=1S/C12H19NO3S/c1-4-13-17(15,16)12-7-5-11(6-8-12)9(2)10(3)14/h5-10,13-14H,4H2,1-3H3. The highest BCUT2D eigenvalue weighted by atomic mass is 32.2. The van der Waals surface area contributed by atoms with Crippen LogP contribution in [0.25, 0.3) is 0 Å². The molecule has 0 bridgehead atoms. The lowest BCUT2D eigenvalue weighted by Crippen LogP contribution is -2.23. The number of sulfonamides is 1. The minimum absolute atomic E-state index is 0.00844. The first-order valence-electron chi connectivity index (χ1n) is 5.66. The first-order chi connectivity index (χ1) is 7.88. The molecule has 4 nitrogen and oxygen atoms in total. The second kappa shape index (κ2) is 5.62. The average molecular weight is 257 g/mol. The van der Waals surface area contributed by atoms with Crippen LogP contribution >= 0.6 is 0 Å². The molecule has 5 heteroatoms. The molecule has 0 aliphatic heterocycles. The van der Waals surface area contributed by atoms with Crippen LogP contribution in [0.2, 0.25) is 0 Å². The van der Waals surface area contributed by atoms with E-state index in [1.54, 1.807) is 38.1 Å². The van der Waals surface area contributed by atoms with Crippen LogP contribution in [0.5, 0.6) is 0 Å². The van der Waals surface area contributed by atoms with E-state index < -0.39 is 16.1 Å². The van der Waals surface area contributed by atoms with Crippen molar-refractivity contribution >= 4 is 10.0 Å². The summed E-state index contributed by atoms with van der Waals surface area (Å²) in [6.45, 7) is 5.72. The van der Waals surface area contributed by atoms with Crippen molar-refractivity contribution < 1.29 is 13.5 Å². The molecule has 0 spiro atoms. The molecule has 0 aliphatic carbocycles. The van der Waals surface area contributed by atoms with Crippen molar-refractivity contribution in [1.82, 2.24) is 4.72 Å². The predicted octanol–water partition coefficient (Wildman–Crippen LogP) is 1.47. The molecule has 2 unspecified atom stereocenters. The predicted molar refractivity (Wildman–Crippen MR) is 67.4 cm³/mol. The summed E-state index contributed by atoms with van der Waals surface area (Å²) in [5, 5.41) is 9.46. The lowest BCUT2D eigenvalue weighted by atomic mass is 9.97. The van der Waals surface area contributed by atoms with Crippen LogP contribution in [0.3, 0.4) is 0 Å². The molecular weight excluding hydrogens is 238 g/mol. The molecule has 0 saturated heterocycles. The Balaban J connectivity index is 2.96. The first kappa shape index (κ1) is 14.2. The van der Waals surface area contributed by atoms with Crippen molar-refractivity contribution in [2.24, 2.45) is 0 Å². The van der Waals surface area contributed by atoms with Crippen molar-refractivity contribution in [3.63, 3.8) is 0 Å². The highest BCUT2D eigenvalue weighted by molar-refractivity contribution is 7.89. The molecule has 0 amide bonds. The minimum Gasteiger partial charge on any atom is -0.393 e. The Labute approximate surface area is 103 Å². The van der Waals surface area contributed by atoms with Gasteiger partial charge in [-0.1, -0.05) is 26.0 Å². The third-order valence-electron chi connectivity index (χ3n) is 2.77. The van der Waals surface area contributed by atoms with Crippen LogP contribution in [0.1, 0.15) is 32.3 Å². The fraction of sp³-hybridized carbons (Fsp3) is 0.500. The Morgan fingerprint density at radius 3 is 2.18 bits per heavy atom. The lowest BCUT2D eigenvalue weighted by Gasteiger charge is -2.15. The molecule has 2 atom stereocenters. The highest BCUT2D eigenvalue weighted by Gasteiger charge is 2.15. The fourth-order valence-corrected chi connectivity index (χ4v) is 2.54. The topological polar surface area (TPSA) is 66.4 Å². The molecule has 0 aliphatic rings.